The van der Waals surface area contributed by atoms with E-state index in [1.54, 1.807) is 7.11 Å². The van der Waals surface area contributed by atoms with Gasteiger partial charge in [0.15, 0.2) is 0 Å². The number of methoxy groups -OCH3 is 1. The van der Waals surface area contributed by atoms with E-state index in [1.807, 2.05) is 12.1 Å². The van der Waals surface area contributed by atoms with Gasteiger partial charge < -0.3 is 14.9 Å². The molecule has 0 bridgehead atoms. The van der Waals surface area contributed by atoms with E-state index < -0.39 is 6.10 Å². The Morgan fingerprint density at radius 1 is 1.14 bits per heavy atom. The van der Waals surface area contributed by atoms with E-state index in [0.29, 0.717) is 17.8 Å². The van der Waals surface area contributed by atoms with Gasteiger partial charge in [-0.3, -0.25) is 0 Å². The van der Waals surface area contributed by atoms with Gasteiger partial charge in [-0.2, -0.15) is 0 Å². The van der Waals surface area contributed by atoms with Crippen LogP contribution in [0.1, 0.15) is 62.2 Å². The summed E-state index contributed by atoms with van der Waals surface area (Å²) in [6, 6.07) is 6.18. The molecule has 3 heteroatoms. The van der Waals surface area contributed by atoms with Gasteiger partial charge in [-0.05, 0) is 78.5 Å². The highest BCUT2D eigenvalue weighted by Gasteiger charge is 2.55. The molecule has 1 aromatic rings. The van der Waals surface area contributed by atoms with Crippen molar-refractivity contribution >= 4 is 0 Å². The molecule has 2 fully saturated rings. The molecule has 22 heavy (non-hydrogen) atoms. The van der Waals surface area contributed by atoms with E-state index in [4.69, 9.17) is 4.74 Å². The van der Waals surface area contributed by atoms with Gasteiger partial charge in [-0.25, -0.2) is 0 Å². The van der Waals surface area contributed by atoms with Crippen LogP contribution in [-0.2, 0) is 0 Å². The Bertz CT molecular complexity index is 584. The van der Waals surface area contributed by atoms with Crippen molar-refractivity contribution in [2.24, 2.45) is 17.3 Å². The van der Waals surface area contributed by atoms with Crippen molar-refractivity contribution in [1.29, 1.82) is 0 Å². The van der Waals surface area contributed by atoms with Crippen molar-refractivity contribution in [2.75, 3.05) is 7.11 Å². The summed E-state index contributed by atoms with van der Waals surface area (Å²) in [5, 5.41) is 21.1. The average molecular weight is 302 g/mol. The molecule has 120 valence electrons. The van der Waals surface area contributed by atoms with E-state index in [2.05, 4.69) is 13.0 Å². The topological polar surface area (TPSA) is 49.7 Å². The van der Waals surface area contributed by atoms with E-state index >= 15 is 0 Å². The Kier molecular flexibility index (Phi) is 3.28. The first kappa shape index (κ1) is 14.5. The fraction of sp³-hybridized carbons (Fsp3) is 0.684. The zero-order chi connectivity index (χ0) is 15.5. The van der Waals surface area contributed by atoms with Crippen LogP contribution in [0.2, 0.25) is 0 Å². The minimum absolute atomic E-state index is 0.0604. The lowest BCUT2D eigenvalue weighted by Crippen LogP contribution is -2.44. The predicted molar refractivity (Wildman–Crippen MR) is 84.9 cm³/mol. The van der Waals surface area contributed by atoms with Crippen LogP contribution in [0.3, 0.4) is 0 Å². The molecule has 0 aromatic heterocycles. The van der Waals surface area contributed by atoms with E-state index in [0.717, 1.165) is 43.4 Å². The van der Waals surface area contributed by atoms with Gasteiger partial charge >= 0.3 is 0 Å². The van der Waals surface area contributed by atoms with Crippen LogP contribution in [-0.4, -0.2) is 23.4 Å². The summed E-state index contributed by atoms with van der Waals surface area (Å²) in [5.41, 5.74) is 2.43. The molecular formula is C19H26O3. The van der Waals surface area contributed by atoms with E-state index in [9.17, 15) is 10.2 Å². The summed E-state index contributed by atoms with van der Waals surface area (Å²) in [5.74, 6) is 2.42. The zero-order valence-electron chi connectivity index (χ0n) is 13.5. The van der Waals surface area contributed by atoms with Crippen LogP contribution >= 0.6 is 0 Å². The molecule has 0 radical (unpaired) electrons. The second kappa shape index (κ2) is 4.97. The van der Waals surface area contributed by atoms with Crippen LogP contribution in [0, 0.1) is 17.3 Å². The van der Waals surface area contributed by atoms with Crippen molar-refractivity contribution < 1.29 is 14.9 Å². The fourth-order valence-electron chi connectivity index (χ4n) is 5.67. The summed E-state index contributed by atoms with van der Waals surface area (Å²) in [4.78, 5) is 0. The number of hydrogen-bond donors (Lipinski definition) is 2. The molecule has 3 aliphatic rings. The monoisotopic (exact) mass is 302 g/mol. The van der Waals surface area contributed by atoms with Crippen molar-refractivity contribution in [1.82, 2.24) is 0 Å². The number of hydrogen-bond acceptors (Lipinski definition) is 3. The third-order valence-electron chi connectivity index (χ3n) is 6.93. The Morgan fingerprint density at radius 2 is 1.95 bits per heavy atom. The maximum atomic E-state index is 10.7. The zero-order valence-corrected chi connectivity index (χ0v) is 13.5. The summed E-state index contributed by atoms with van der Waals surface area (Å²) in [6.45, 7) is 2.27. The summed E-state index contributed by atoms with van der Waals surface area (Å²) in [7, 11) is 1.67. The van der Waals surface area contributed by atoms with Gasteiger partial charge in [0, 0.05) is 0 Å². The van der Waals surface area contributed by atoms with Crippen molar-refractivity contribution in [3.8, 4) is 5.75 Å². The lowest BCUT2D eigenvalue weighted by atomic mass is 9.55. The average Bonchev–Trinajstić information content (AvgIpc) is 2.83. The number of benzene rings is 1. The molecule has 3 aliphatic carbocycles. The predicted octanol–water partition coefficient (Wildman–Crippen LogP) is 3.40. The molecule has 0 spiro atoms. The lowest BCUT2D eigenvalue weighted by Gasteiger charge is -2.50. The summed E-state index contributed by atoms with van der Waals surface area (Å²) in [6.07, 6.45) is 4.53. The van der Waals surface area contributed by atoms with Gasteiger partial charge in [-0.15, -0.1) is 0 Å². The van der Waals surface area contributed by atoms with Crippen LogP contribution in [0.4, 0.5) is 0 Å². The maximum Gasteiger partial charge on any atom is 0.119 e. The van der Waals surface area contributed by atoms with E-state index in [-0.39, 0.29) is 11.5 Å². The van der Waals surface area contributed by atoms with Gasteiger partial charge in [-0.1, -0.05) is 13.0 Å². The van der Waals surface area contributed by atoms with Crippen LogP contribution in [0.5, 0.6) is 5.75 Å². The molecule has 1 aromatic carbocycles. The number of rotatable bonds is 1. The molecular weight excluding hydrogens is 276 g/mol. The normalized spacial score (nSPS) is 43.2. The van der Waals surface area contributed by atoms with Crippen molar-refractivity contribution in [3.05, 3.63) is 29.3 Å². The Morgan fingerprint density at radius 3 is 2.73 bits per heavy atom. The minimum atomic E-state index is -0.397. The van der Waals surface area contributed by atoms with Crippen molar-refractivity contribution in [3.63, 3.8) is 0 Å². The first-order chi connectivity index (χ1) is 10.5. The molecule has 4 rings (SSSR count). The van der Waals surface area contributed by atoms with Crippen molar-refractivity contribution in [2.45, 2.75) is 57.2 Å². The molecule has 0 amide bonds. The highest BCUT2D eigenvalue weighted by Crippen LogP contribution is 2.62. The highest BCUT2D eigenvalue weighted by atomic mass is 16.5. The molecule has 2 unspecified atom stereocenters. The molecule has 2 N–H and O–H groups in total. The standard InChI is InChI=1S/C19H26O3/c1-19-8-7-13-12-4-3-11(22-2)9-15(12)17(20)10-14(13)16(19)5-6-18(19)21/h3-4,9,13-14,16-18,20-21H,5-8,10H2,1-2H3/t13-,14-,16+,17?,18?,19+/m1/s1. The number of aliphatic hydroxyl groups excluding tert-OH is 2. The Hall–Kier alpha value is -1.06. The molecule has 3 nitrogen and oxygen atoms in total. The molecule has 0 saturated heterocycles. The largest absolute Gasteiger partial charge is 0.497 e. The molecule has 0 aliphatic heterocycles. The van der Waals surface area contributed by atoms with Gasteiger partial charge in [0.25, 0.3) is 0 Å². The smallest absolute Gasteiger partial charge is 0.119 e. The third-order valence-corrected chi connectivity index (χ3v) is 6.93. The Balaban J connectivity index is 1.73. The highest BCUT2D eigenvalue weighted by molar-refractivity contribution is 5.42. The number of fused-ring (bicyclic) bond motifs is 5. The van der Waals surface area contributed by atoms with Crippen LogP contribution in [0.25, 0.3) is 0 Å². The SMILES string of the molecule is COc1ccc2c(c1)C(O)C[C@@H]1[C@@H]2CC[C@]2(C)C(O)CC[C@@H]12. The minimum Gasteiger partial charge on any atom is -0.497 e. The summed E-state index contributed by atoms with van der Waals surface area (Å²) < 4.78 is 5.32. The molecule has 6 atom stereocenters. The Labute approximate surface area is 132 Å². The van der Waals surface area contributed by atoms with Gasteiger partial charge in [0.05, 0.1) is 19.3 Å². The van der Waals surface area contributed by atoms with Gasteiger partial charge in [0.1, 0.15) is 5.75 Å². The molecule has 2 saturated carbocycles. The second-order valence-corrected chi connectivity index (χ2v) is 7.76. The third kappa shape index (κ3) is 1.88. The quantitative estimate of drug-likeness (QED) is 0.836. The summed E-state index contributed by atoms with van der Waals surface area (Å²) >= 11 is 0. The number of ether oxygens (including phenoxy) is 1. The fourth-order valence-corrected chi connectivity index (χ4v) is 5.67. The molecule has 0 heterocycles. The second-order valence-electron chi connectivity index (χ2n) is 7.76. The van der Waals surface area contributed by atoms with Gasteiger partial charge in [0.2, 0.25) is 0 Å². The van der Waals surface area contributed by atoms with Crippen LogP contribution in [0.15, 0.2) is 18.2 Å². The lowest BCUT2D eigenvalue weighted by molar-refractivity contribution is -0.0372. The first-order valence-electron chi connectivity index (χ1n) is 8.58. The number of aliphatic hydroxyl groups is 2. The van der Waals surface area contributed by atoms with Crippen LogP contribution < -0.4 is 4.74 Å². The maximum absolute atomic E-state index is 10.7. The first-order valence-corrected chi connectivity index (χ1v) is 8.58. The van der Waals surface area contributed by atoms with E-state index in [1.165, 1.54) is 5.56 Å².